The quantitative estimate of drug-likeness (QED) is 0.367. The van der Waals surface area contributed by atoms with Gasteiger partial charge >= 0.3 is 0 Å². The number of nitrogens with one attached hydrogen (secondary N) is 2. The van der Waals surface area contributed by atoms with Crippen molar-refractivity contribution in [3.63, 3.8) is 0 Å². The Balaban J connectivity index is 0.00000280. The van der Waals surface area contributed by atoms with Gasteiger partial charge in [-0.05, 0) is 24.0 Å². The number of ether oxygens (including phenoxy) is 1. The first-order valence-electron chi connectivity index (χ1n) is 9.49. The lowest BCUT2D eigenvalue weighted by Gasteiger charge is -2.33. The Kier molecular flexibility index (Phi) is 9.49. The summed E-state index contributed by atoms with van der Waals surface area (Å²) >= 11 is 0. The molecule has 0 saturated carbocycles. The molecular formula is C21H30IN5O. The number of halogens is 1. The van der Waals surface area contributed by atoms with E-state index in [1.54, 1.807) is 7.11 Å². The second-order valence-electron chi connectivity index (χ2n) is 6.81. The van der Waals surface area contributed by atoms with Gasteiger partial charge in [0.15, 0.2) is 5.96 Å². The molecule has 28 heavy (non-hydrogen) atoms. The van der Waals surface area contributed by atoms with Gasteiger partial charge in [0.25, 0.3) is 0 Å². The lowest BCUT2D eigenvalue weighted by molar-refractivity contribution is 0.198. The van der Waals surface area contributed by atoms with Gasteiger partial charge in [0.05, 0.1) is 7.11 Å². The van der Waals surface area contributed by atoms with Gasteiger partial charge in [-0.25, -0.2) is 4.98 Å². The van der Waals surface area contributed by atoms with Gasteiger partial charge in [0.1, 0.15) is 0 Å². The van der Waals surface area contributed by atoms with Crippen LogP contribution in [0, 0.1) is 0 Å². The van der Waals surface area contributed by atoms with E-state index in [2.05, 4.69) is 55.8 Å². The van der Waals surface area contributed by atoms with E-state index < -0.39 is 0 Å². The third kappa shape index (κ3) is 6.94. The Bertz CT molecular complexity index is 715. The smallest absolute Gasteiger partial charge is 0.212 e. The number of hydrogen-bond acceptors (Lipinski definition) is 4. The van der Waals surface area contributed by atoms with Gasteiger partial charge < -0.3 is 15.4 Å². The maximum Gasteiger partial charge on any atom is 0.212 e. The largest absolute Gasteiger partial charge is 0.481 e. The monoisotopic (exact) mass is 495 g/mol. The van der Waals surface area contributed by atoms with Crippen LogP contribution in [0.5, 0.6) is 5.88 Å². The molecule has 0 radical (unpaired) electrons. The molecule has 2 N–H and O–H groups in total. The third-order valence-corrected chi connectivity index (χ3v) is 4.87. The van der Waals surface area contributed by atoms with Crippen LogP contribution in [-0.4, -0.2) is 49.1 Å². The first kappa shape index (κ1) is 22.4. The van der Waals surface area contributed by atoms with Crippen LogP contribution in [0.4, 0.5) is 0 Å². The van der Waals surface area contributed by atoms with Crippen LogP contribution < -0.4 is 15.4 Å². The van der Waals surface area contributed by atoms with E-state index in [0.29, 0.717) is 18.5 Å². The van der Waals surface area contributed by atoms with Crippen molar-refractivity contribution in [1.82, 2.24) is 20.5 Å². The van der Waals surface area contributed by atoms with Crippen molar-refractivity contribution in [2.45, 2.75) is 32.0 Å². The molecule has 1 aromatic carbocycles. The fourth-order valence-electron chi connectivity index (χ4n) is 3.29. The molecule has 0 unspecified atom stereocenters. The molecule has 0 bridgehead atoms. The van der Waals surface area contributed by atoms with E-state index in [0.717, 1.165) is 44.0 Å². The van der Waals surface area contributed by atoms with Crippen molar-refractivity contribution in [2.75, 3.05) is 27.2 Å². The summed E-state index contributed by atoms with van der Waals surface area (Å²) < 4.78 is 5.09. The van der Waals surface area contributed by atoms with Crippen LogP contribution in [0.2, 0.25) is 0 Å². The summed E-state index contributed by atoms with van der Waals surface area (Å²) in [5, 5.41) is 6.92. The number of rotatable bonds is 6. The Labute approximate surface area is 184 Å². The predicted molar refractivity (Wildman–Crippen MR) is 124 cm³/mol. The molecule has 7 heteroatoms. The topological polar surface area (TPSA) is 61.8 Å². The Morgan fingerprint density at radius 3 is 2.50 bits per heavy atom. The molecule has 0 amide bonds. The van der Waals surface area contributed by atoms with E-state index in [1.165, 1.54) is 5.56 Å². The first-order chi connectivity index (χ1) is 13.3. The minimum absolute atomic E-state index is 0. The number of nitrogens with zero attached hydrogens (tertiary/aromatic N) is 3. The fourth-order valence-corrected chi connectivity index (χ4v) is 3.29. The Morgan fingerprint density at radius 1 is 1.14 bits per heavy atom. The summed E-state index contributed by atoms with van der Waals surface area (Å²) in [6.07, 6.45) is 4.07. The molecule has 0 atom stereocenters. The van der Waals surface area contributed by atoms with Gasteiger partial charge in [-0.2, -0.15) is 0 Å². The number of benzene rings is 1. The number of aromatic nitrogens is 1. The van der Waals surface area contributed by atoms with E-state index >= 15 is 0 Å². The zero-order valence-electron chi connectivity index (χ0n) is 16.6. The zero-order chi connectivity index (χ0) is 18.9. The summed E-state index contributed by atoms with van der Waals surface area (Å²) in [6, 6.07) is 15.0. The average molecular weight is 495 g/mol. The molecule has 0 spiro atoms. The van der Waals surface area contributed by atoms with Gasteiger partial charge in [-0.3, -0.25) is 9.89 Å². The number of hydrogen-bond donors (Lipinski definition) is 2. The molecule has 1 fully saturated rings. The number of methoxy groups -OCH3 is 1. The van der Waals surface area contributed by atoms with Crippen molar-refractivity contribution in [1.29, 1.82) is 0 Å². The Hall–Kier alpha value is -1.87. The van der Waals surface area contributed by atoms with Crippen molar-refractivity contribution < 1.29 is 4.74 Å². The number of pyridine rings is 1. The van der Waals surface area contributed by atoms with Crippen LogP contribution in [0.3, 0.4) is 0 Å². The molecule has 3 rings (SSSR count). The second kappa shape index (κ2) is 11.9. The second-order valence-corrected chi connectivity index (χ2v) is 6.81. The van der Waals surface area contributed by atoms with Crippen molar-refractivity contribution >= 4 is 29.9 Å². The Morgan fingerprint density at radius 2 is 1.89 bits per heavy atom. The number of guanidine groups is 1. The normalized spacial score (nSPS) is 15.6. The number of likely N-dealkylation sites (tertiary alicyclic amines) is 1. The fraction of sp³-hybridized carbons (Fsp3) is 0.429. The van der Waals surface area contributed by atoms with Gasteiger partial charge in [-0.15, -0.1) is 24.0 Å². The van der Waals surface area contributed by atoms with Crippen molar-refractivity contribution in [3.05, 3.63) is 59.8 Å². The highest BCUT2D eigenvalue weighted by Crippen LogP contribution is 2.14. The number of piperidine rings is 1. The molecule has 152 valence electrons. The molecule has 1 saturated heterocycles. The summed E-state index contributed by atoms with van der Waals surface area (Å²) in [6.45, 7) is 3.92. The molecular weight excluding hydrogens is 465 g/mol. The summed E-state index contributed by atoms with van der Waals surface area (Å²) in [4.78, 5) is 11.1. The maximum absolute atomic E-state index is 5.09. The number of aliphatic imine (C=N–C) groups is 1. The highest BCUT2D eigenvalue weighted by Gasteiger charge is 2.20. The maximum atomic E-state index is 5.09. The van der Waals surface area contributed by atoms with E-state index in [9.17, 15) is 0 Å². The van der Waals surface area contributed by atoms with Crippen LogP contribution in [-0.2, 0) is 13.1 Å². The lowest BCUT2D eigenvalue weighted by atomic mass is 10.0. The van der Waals surface area contributed by atoms with Crippen LogP contribution in [0.15, 0.2) is 53.7 Å². The van der Waals surface area contributed by atoms with Crippen LogP contribution in [0.1, 0.15) is 24.0 Å². The first-order valence-corrected chi connectivity index (χ1v) is 9.49. The predicted octanol–water partition coefficient (Wildman–Crippen LogP) is 3.04. The van der Waals surface area contributed by atoms with Crippen LogP contribution in [0.25, 0.3) is 0 Å². The van der Waals surface area contributed by atoms with Gasteiger partial charge in [-0.1, -0.05) is 36.4 Å². The summed E-state index contributed by atoms with van der Waals surface area (Å²) in [5.74, 6) is 1.47. The van der Waals surface area contributed by atoms with Crippen molar-refractivity contribution in [3.8, 4) is 5.88 Å². The standard InChI is InChI=1S/C21H29N5O.HI/c1-22-21(24-15-18-8-9-20(27-2)23-14-18)25-19-10-12-26(13-11-19)16-17-6-4-3-5-7-17;/h3-9,14,19H,10-13,15-16H2,1-2H3,(H2,22,24,25);1H. The molecule has 6 nitrogen and oxygen atoms in total. The minimum Gasteiger partial charge on any atom is -0.481 e. The third-order valence-electron chi connectivity index (χ3n) is 4.87. The van der Waals surface area contributed by atoms with Gasteiger partial charge in [0, 0.05) is 51.5 Å². The zero-order valence-corrected chi connectivity index (χ0v) is 18.9. The van der Waals surface area contributed by atoms with Crippen LogP contribution >= 0.6 is 24.0 Å². The average Bonchev–Trinajstić information content (AvgIpc) is 2.73. The minimum atomic E-state index is 0. The molecule has 2 heterocycles. The van der Waals surface area contributed by atoms with Crippen molar-refractivity contribution in [2.24, 2.45) is 4.99 Å². The van der Waals surface area contributed by atoms with E-state index in [-0.39, 0.29) is 24.0 Å². The molecule has 1 aromatic heterocycles. The van der Waals surface area contributed by atoms with E-state index in [4.69, 9.17) is 4.74 Å². The molecule has 2 aromatic rings. The molecule has 0 aliphatic carbocycles. The molecule has 1 aliphatic heterocycles. The van der Waals surface area contributed by atoms with E-state index in [1.807, 2.05) is 25.4 Å². The SMILES string of the molecule is CN=C(NCc1ccc(OC)nc1)NC1CCN(Cc2ccccc2)CC1.I. The summed E-state index contributed by atoms with van der Waals surface area (Å²) in [7, 11) is 3.43. The molecule has 1 aliphatic rings. The van der Waals surface area contributed by atoms with Gasteiger partial charge in [0.2, 0.25) is 5.88 Å². The highest BCUT2D eigenvalue weighted by molar-refractivity contribution is 14.0. The summed E-state index contributed by atoms with van der Waals surface area (Å²) in [5.41, 5.74) is 2.48. The lowest BCUT2D eigenvalue weighted by Crippen LogP contribution is -2.48. The highest BCUT2D eigenvalue weighted by atomic mass is 127.